The van der Waals surface area contributed by atoms with E-state index in [9.17, 15) is 9.59 Å². The number of hydrogen-bond acceptors (Lipinski definition) is 2. The number of hydrogen-bond donors (Lipinski definition) is 0. The van der Waals surface area contributed by atoms with Gasteiger partial charge in [-0.05, 0) is 34.6 Å². The van der Waals surface area contributed by atoms with E-state index in [2.05, 4.69) is 0 Å². The Morgan fingerprint density at radius 2 is 1.50 bits per heavy atom. The molecule has 0 aliphatic heterocycles. The first kappa shape index (κ1) is 14.9. The Morgan fingerprint density at radius 1 is 1.06 bits per heavy atom. The van der Waals surface area contributed by atoms with Crippen LogP contribution >= 0.6 is 0 Å². The lowest BCUT2D eigenvalue weighted by atomic mass is 10.1. The van der Waals surface area contributed by atoms with Gasteiger partial charge < -0.3 is 9.80 Å². The number of likely N-dealkylation sites (N-methyl/N-ethyl adjacent to an activating group) is 1. The first-order chi connectivity index (χ1) is 7.23. The maximum absolute atomic E-state index is 11.9. The summed E-state index contributed by atoms with van der Waals surface area (Å²) in [5, 5.41) is 0. The van der Waals surface area contributed by atoms with Gasteiger partial charge >= 0.3 is 0 Å². The third kappa shape index (κ3) is 4.21. The highest BCUT2D eigenvalue weighted by Crippen LogP contribution is 2.13. The topological polar surface area (TPSA) is 40.6 Å². The van der Waals surface area contributed by atoms with E-state index in [-0.39, 0.29) is 23.9 Å². The molecule has 0 radical (unpaired) electrons. The summed E-state index contributed by atoms with van der Waals surface area (Å²) >= 11 is 0. The number of carbonyl (C=O) groups is 2. The Balaban J connectivity index is 4.65. The standard InChI is InChI=1S/C12H24N2O2/c1-7-13(8-2)11(16)9-14(10(3)15)12(4,5)6/h7-9H2,1-6H3. The highest BCUT2D eigenvalue weighted by atomic mass is 16.2. The lowest BCUT2D eigenvalue weighted by molar-refractivity contribution is -0.143. The van der Waals surface area contributed by atoms with E-state index in [0.29, 0.717) is 13.1 Å². The van der Waals surface area contributed by atoms with Crippen molar-refractivity contribution in [2.75, 3.05) is 19.6 Å². The molecule has 0 heterocycles. The second-order valence-corrected chi connectivity index (χ2v) is 4.84. The largest absolute Gasteiger partial charge is 0.342 e. The van der Waals surface area contributed by atoms with Crippen LogP contribution in [0.1, 0.15) is 41.5 Å². The van der Waals surface area contributed by atoms with Gasteiger partial charge in [-0.3, -0.25) is 9.59 Å². The Bertz CT molecular complexity index is 252. The molecule has 0 rings (SSSR count). The van der Waals surface area contributed by atoms with Gasteiger partial charge in [0.1, 0.15) is 6.54 Å². The van der Waals surface area contributed by atoms with Gasteiger partial charge in [0.05, 0.1) is 0 Å². The van der Waals surface area contributed by atoms with Gasteiger partial charge in [0.15, 0.2) is 0 Å². The van der Waals surface area contributed by atoms with Gasteiger partial charge in [0.2, 0.25) is 11.8 Å². The quantitative estimate of drug-likeness (QED) is 0.731. The van der Waals surface area contributed by atoms with E-state index in [1.807, 2.05) is 34.6 Å². The molecular weight excluding hydrogens is 204 g/mol. The predicted molar refractivity (Wildman–Crippen MR) is 65.1 cm³/mol. The fraction of sp³-hybridized carbons (Fsp3) is 0.833. The molecule has 0 aliphatic rings. The number of carbonyl (C=O) groups excluding carboxylic acids is 2. The fourth-order valence-corrected chi connectivity index (χ4v) is 1.63. The lowest BCUT2D eigenvalue weighted by Gasteiger charge is -2.35. The maximum atomic E-state index is 11.9. The summed E-state index contributed by atoms with van der Waals surface area (Å²) in [6.45, 7) is 12.7. The average molecular weight is 228 g/mol. The van der Waals surface area contributed by atoms with E-state index in [1.54, 1.807) is 9.80 Å². The Morgan fingerprint density at radius 3 is 1.75 bits per heavy atom. The summed E-state index contributed by atoms with van der Waals surface area (Å²) in [5.41, 5.74) is -0.311. The van der Waals surface area contributed by atoms with Crippen LogP contribution in [0.5, 0.6) is 0 Å². The zero-order valence-electron chi connectivity index (χ0n) is 11.3. The molecule has 0 bridgehead atoms. The smallest absolute Gasteiger partial charge is 0.242 e. The van der Waals surface area contributed by atoms with Crippen LogP contribution in [-0.2, 0) is 9.59 Å². The van der Waals surface area contributed by atoms with E-state index in [4.69, 9.17) is 0 Å². The molecule has 0 fully saturated rings. The summed E-state index contributed by atoms with van der Waals surface area (Å²) in [6.07, 6.45) is 0. The predicted octanol–water partition coefficient (Wildman–Crippen LogP) is 1.50. The van der Waals surface area contributed by atoms with Gasteiger partial charge in [-0.1, -0.05) is 0 Å². The van der Waals surface area contributed by atoms with Crippen LogP contribution in [-0.4, -0.2) is 46.8 Å². The van der Waals surface area contributed by atoms with Crippen LogP contribution in [0.25, 0.3) is 0 Å². The van der Waals surface area contributed by atoms with Crippen LogP contribution in [0, 0.1) is 0 Å². The molecule has 16 heavy (non-hydrogen) atoms. The molecule has 4 heteroatoms. The van der Waals surface area contributed by atoms with Gasteiger partial charge in [0.25, 0.3) is 0 Å². The van der Waals surface area contributed by atoms with E-state index in [0.717, 1.165) is 0 Å². The molecule has 0 unspecified atom stereocenters. The van der Waals surface area contributed by atoms with Crippen LogP contribution in [0.15, 0.2) is 0 Å². The monoisotopic (exact) mass is 228 g/mol. The van der Waals surface area contributed by atoms with Crippen molar-refractivity contribution in [1.82, 2.24) is 9.80 Å². The highest BCUT2D eigenvalue weighted by molar-refractivity contribution is 5.84. The van der Waals surface area contributed by atoms with Crippen molar-refractivity contribution in [2.45, 2.75) is 47.1 Å². The van der Waals surface area contributed by atoms with Crippen LogP contribution < -0.4 is 0 Å². The number of amides is 2. The first-order valence-corrected chi connectivity index (χ1v) is 5.80. The van der Waals surface area contributed by atoms with Crippen LogP contribution in [0.3, 0.4) is 0 Å². The molecular formula is C12H24N2O2. The van der Waals surface area contributed by atoms with Gasteiger partial charge in [-0.15, -0.1) is 0 Å². The minimum absolute atomic E-state index is 0.00937. The molecule has 0 saturated carbocycles. The molecule has 4 nitrogen and oxygen atoms in total. The number of nitrogens with zero attached hydrogens (tertiary/aromatic N) is 2. The summed E-state index contributed by atoms with van der Waals surface area (Å²) in [6, 6.07) is 0. The summed E-state index contributed by atoms with van der Waals surface area (Å²) < 4.78 is 0. The molecule has 0 aromatic rings. The van der Waals surface area contributed by atoms with Gasteiger partial charge in [-0.2, -0.15) is 0 Å². The van der Waals surface area contributed by atoms with Gasteiger partial charge in [-0.25, -0.2) is 0 Å². The molecule has 0 N–H and O–H groups in total. The van der Waals surface area contributed by atoms with Crippen molar-refractivity contribution in [1.29, 1.82) is 0 Å². The Hall–Kier alpha value is -1.06. The molecule has 0 aromatic heterocycles. The highest BCUT2D eigenvalue weighted by Gasteiger charge is 2.27. The second kappa shape index (κ2) is 5.87. The van der Waals surface area contributed by atoms with Crippen molar-refractivity contribution in [2.24, 2.45) is 0 Å². The van der Waals surface area contributed by atoms with E-state index in [1.165, 1.54) is 6.92 Å². The lowest BCUT2D eigenvalue weighted by Crippen LogP contribution is -2.50. The van der Waals surface area contributed by atoms with Gasteiger partial charge in [0, 0.05) is 25.6 Å². The van der Waals surface area contributed by atoms with Crippen molar-refractivity contribution < 1.29 is 9.59 Å². The van der Waals surface area contributed by atoms with Crippen LogP contribution in [0.4, 0.5) is 0 Å². The zero-order chi connectivity index (χ0) is 12.9. The molecule has 0 saturated heterocycles. The van der Waals surface area contributed by atoms with Crippen molar-refractivity contribution in [3.63, 3.8) is 0 Å². The third-order valence-corrected chi connectivity index (χ3v) is 2.60. The molecule has 0 spiro atoms. The maximum Gasteiger partial charge on any atom is 0.242 e. The van der Waals surface area contributed by atoms with Crippen molar-refractivity contribution in [3.8, 4) is 0 Å². The number of rotatable bonds is 4. The van der Waals surface area contributed by atoms with E-state index >= 15 is 0 Å². The van der Waals surface area contributed by atoms with Crippen molar-refractivity contribution in [3.05, 3.63) is 0 Å². The summed E-state index contributed by atoms with van der Waals surface area (Å²) in [7, 11) is 0. The molecule has 94 valence electrons. The normalized spacial score (nSPS) is 11.1. The molecule has 0 atom stereocenters. The minimum Gasteiger partial charge on any atom is -0.342 e. The fourth-order valence-electron chi connectivity index (χ4n) is 1.63. The average Bonchev–Trinajstić information content (AvgIpc) is 2.13. The third-order valence-electron chi connectivity index (χ3n) is 2.60. The Kier molecular flexibility index (Phi) is 5.48. The Labute approximate surface area is 98.6 Å². The van der Waals surface area contributed by atoms with Crippen LogP contribution in [0.2, 0.25) is 0 Å². The first-order valence-electron chi connectivity index (χ1n) is 5.80. The molecule has 0 aliphatic carbocycles. The van der Waals surface area contributed by atoms with E-state index < -0.39 is 0 Å². The SMILES string of the molecule is CCN(CC)C(=O)CN(C(C)=O)C(C)(C)C. The van der Waals surface area contributed by atoms with Crippen molar-refractivity contribution >= 4 is 11.8 Å². The summed E-state index contributed by atoms with van der Waals surface area (Å²) in [5.74, 6) is -0.0527. The second-order valence-electron chi connectivity index (χ2n) is 4.84. The summed E-state index contributed by atoms with van der Waals surface area (Å²) in [4.78, 5) is 26.7. The zero-order valence-corrected chi connectivity index (χ0v) is 11.3. The molecule has 0 aromatic carbocycles. The molecule has 2 amide bonds. The minimum atomic E-state index is -0.311.